The summed E-state index contributed by atoms with van der Waals surface area (Å²) in [6.07, 6.45) is 0.574. The van der Waals surface area contributed by atoms with Gasteiger partial charge < -0.3 is 9.32 Å². The largest absolute Gasteiger partial charge is 0.450 e. The Labute approximate surface area is 224 Å². The maximum absolute atomic E-state index is 14.7. The molecule has 1 atom stereocenters. The van der Waals surface area contributed by atoms with Crippen LogP contribution in [-0.4, -0.2) is 22.0 Å². The zero-order chi connectivity index (χ0) is 26.9. The number of carbonyl (C=O) groups is 2. The lowest BCUT2D eigenvalue weighted by Crippen LogP contribution is -2.53. The average molecular weight is 539 g/mol. The molecule has 0 N–H and O–H groups in total. The first kappa shape index (κ1) is 23.4. The lowest BCUT2D eigenvalue weighted by atomic mass is 9.84. The minimum atomic E-state index is -1.90. The van der Waals surface area contributed by atoms with Crippen LogP contribution in [0.3, 0.4) is 0 Å². The molecule has 4 heterocycles. The fourth-order valence-corrected chi connectivity index (χ4v) is 6.37. The van der Waals surface area contributed by atoms with Crippen LogP contribution < -0.4 is 15.2 Å². The SMILES string of the molecule is CCc1nnc(N2C(=O)c3oc4ccc(F)cc4c(=O)c3C23C(=O)N(Cc2ccccc2)c2ccccc23)s1. The molecule has 0 saturated carbocycles. The van der Waals surface area contributed by atoms with Crippen LogP contribution in [0.5, 0.6) is 0 Å². The summed E-state index contributed by atoms with van der Waals surface area (Å²) in [6, 6.07) is 20.0. The smallest absolute Gasteiger partial charge is 0.297 e. The number of aryl methyl sites for hydroxylation is 1. The average Bonchev–Trinajstić information content (AvgIpc) is 3.59. The number of hydrogen-bond donors (Lipinski definition) is 0. The maximum Gasteiger partial charge on any atom is 0.297 e. The van der Waals surface area contributed by atoms with E-state index in [1.807, 2.05) is 37.3 Å². The number of benzene rings is 3. The maximum atomic E-state index is 14.7. The third kappa shape index (κ3) is 3.12. The molecule has 0 saturated heterocycles. The Hall–Kier alpha value is -4.70. The van der Waals surface area contributed by atoms with Gasteiger partial charge in [0.15, 0.2) is 11.0 Å². The molecule has 10 heteroatoms. The summed E-state index contributed by atoms with van der Waals surface area (Å²) < 4.78 is 20.2. The fourth-order valence-electron chi connectivity index (χ4n) is 5.54. The Morgan fingerprint density at radius 1 is 0.974 bits per heavy atom. The van der Waals surface area contributed by atoms with Gasteiger partial charge >= 0.3 is 0 Å². The first-order valence-electron chi connectivity index (χ1n) is 12.3. The number of para-hydroxylation sites is 1. The zero-order valence-electron chi connectivity index (χ0n) is 20.6. The van der Waals surface area contributed by atoms with Crippen LogP contribution in [0.1, 0.15) is 39.2 Å². The highest BCUT2D eigenvalue weighted by Gasteiger charge is 2.66. The third-order valence-electron chi connectivity index (χ3n) is 7.22. The summed E-state index contributed by atoms with van der Waals surface area (Å²) in [5, 5.41) is 9.21. The molecule has 3 aromatic carbocycles. The molecule has 8 nitrogen and oxygen atoms in total. The molecule has 0 fully saturated rings. The van der Waals surface area contributed by atoms with E-state index in [2.05, 4.69) is 10.2 Å². The van der Waals surface area contributed by atoms with Gasteiger partial charge in [0.1, 0.15) is 16.4 Å². The van der Waals surface area contributed by atoms with E-state index in [1.165, 1.54) is 22.3 Å². The van der Waals surface area contributed by atoms with E-state index in [1.54, 1.807) is 29.2 Å². The Bertz CT molecular complexity index is 1890. The van der Waals surface area contributed by atoms with Gasteiger partial charge in [0.2, 0.25) is 10.9 Å². The number of halogens is 1. The highest BCUT2D eigenvalue weighted by Crippen LogP contribution is 2.54. The van der Waals surface area contributed by atoms with Crippen molar-refractivity contribution in [2.45, 2.75) is 25.4 Å². The minimum absolute atomic E-state index is 0.0527. The number of aromatic nitrogens is 2. The number of rotatable bonds is 4. The van der Waals surface area contributed by atoms with Crippen LogP contribution in [0, 0.1) is 5.82 Å². The van der Waals surface area contributed by atoms with Crippen LogP contribution in [-0.2, 0) is 23.3 Å². The molecule has 2 aliphatic rings. The Morgan fingerprint density at radius 2 is 1.74 bits per heavy atom. The molecule has 2 aliphatic heterocycles. The molecule has 0 radical (unpaired) electrons. The van der Waals surface area contributed by atoms with Gasteiger partial charge in [-0.2, -0.15) is 0 Å². The molecule has 1 unspecified atom stereocenters. The van der Waals surface area contributed by atoms with Crippen LogP contribution in [0.4, 0.5) is 15.2 Å². The van der Waals surface area contributed by atoms with Crippen LogP contribution in [0.2, 0.25) is 0 Å². The van der Waals surface area contributed by atoms with Gasteiger partial charge in [-0.3, -0.25) is 19.3 Å². The second-order valence-electron chi connectivity index (χ2n) is 9.35. The van der Waals surface area contributed by atoms with Crippen LogP contribution >= 0.6 is 11.3 Å². The number of anilines is 2. The number of nitrogens with zero attached hydrogens (tertiary/aromatic N) is 4. The van der Waals surface area contributed by atoms with Gasteiger partial charge in [0.25, 0.3) is 11.8 Å². The highest BCUT2D eigenvalue weighted by atomic mass is 32.1. The van der Waals surface area contributed by atoms with Gasteiger partial charge in [0, 0.05) is 5.56 Å². The molecule has 0 aliphatic carbocycles. The summed E-state index contributed by atoms with van der Waals surface area (Å²) in [6.45, 7) is 2.12. The fraction of sp³-hybridized carbons (Fsp3) is 0.138. The van der Waals surface area contributed by atoms with Crippen molar-refractivity contribution in [2.24, 2.45) is 0 Å². The molecule has 192 valence electrons. The molecular weight excluding hydrogens is 519 g/mol. The normalized spacial score (nSPS) is 17.9. The van der Waals surface area contributed by atoms with Crippen molar-refractivity contribution in [3.05, 3.63) is 116 Å². The van der Waals surface area contributed by atoms with E-state index >= 15 is 0 Å². The molecular formula is C29H19FN4O4S. The number of hydrogen-bond acceptors (Lipinski definition) is 7. The van der Waals surface area contributed by atoms with E-state index in [4.69, 9.17) is 4.42 Å². The van der Waals surface area contributed by atoms with Crippen LogP contribution in [0.15, 0.2) is 82.0 Å². The first-order valence-corrected chi connectivity index (χ1v) is 13.2. The van der Waals surface area contributed by atoms with Crippen molar-refractivity contribution in [3.63, 3.8) is 0 Å². The zero-order valence-corrected chi connectivity index (χ0v) is 21.4. The quantitative estimate of drug-likeness (QED) is 0.326. The van der Waals surface area contributed by atoms with Crippen LogP contribution in [0.25, 0.3) is 11.0 Å². The van der Waals surface area contributed by atoms with Gasteiger partial charge in [-0.15, -0.1) is 10.2 Å². The molecule has 5 aromatic rings. The van der Waals surface area contributed by atoms with Crippen molar-refractivity contribution >= 4 is 44.9 Å². The Balaban J connectivity index is 1.57. The highest BCUT2D eigenvalue weighted by molar-refractivity contribution is 7.15. The summed E-state index contributed by atoms with van der Waals surface area (Å²) >= 11 is 1.17. The Morgan fingerprint density at radius 3 is 2.51 bits per heavy atom. The van der Waals surface area contributed by atoms with E-state index in [-0.39, 0.29) is 34.0 Å². The van der Waals surface area contributed by atoms with Crippen molar-refractivity contribution < 1.29 is 18.4 Å². The van der Waals surface area contributed by atoms with Gasteiger partial charge in [0.05, 0.1) is 23.2 Å². The third-order valence-corrected chi connectivity index (χ3v) is 8.27. The standard InChI is InChI=1S/C29H19FN4O4S/c1-2-22-31-32-28(39-22)34-26(36)25-23(24(35)18-14-17(30)12-13-21(18)38-25)29(34)19-10-6-7-11-20(19)33(27(29)37)15-16-8-4-3-5-9-16/h3-14H,2,15H2,1H3. The van der Waals surface area contributed by atoms with Crippen molar-refractivity contribution in [3.8, 4) is 0 Å². The number of carbonyl (C=O) groups excluding carboxylic acids is 2. The second-order valence-corrected chi connectivity index (χ2v) is 10.4. The molecule has 2 amide bonds. The van der Waals surface area contributed by atoms with Gasteiger partial charge in [-0.1, -0.05) is 66.8 Å². The molecule has 1 spiro atoms. The van der Waals surface area contributed by atoms with E-state index in [9.17, 15) is 18.8 Å². The van der Waals surface area contributed by atoms with Gasteiger partial charge in [-0.05, 0) is 36.2 Å². The first-order chi connectivity index (χ1) is 18.9. The molecule has 2 aromatic heterocycles. The van der Waals surface area contributed by atoms with Crippen molar-refractivity contribution in [1.82, 2.24) is 10.2 Å². The van der Waals surface area contributed by atoms with Crippen molar-refractivity contribution in [2.75, 3.05) is 9.80 Å². The Kier molecular flexibility index (Phi) is 5.05. The summed E-state index contributed by atoms with van der Waals surface area (Å²) in [4.78, 5) is 45.8. The topological polar surface area (TPSA) is 96.6 Å². The monoisotopic (exact) mass is 538 g/mol. The summed E-state index contributed by atoms with van der Waals surface area (Å²) in [7, 11) is 0. The lowest BCUT2D eigenvalue weighted by Gasteiger charge is -2.32. The second kappa shape index (κ2) is 8.40. The minimum Gasteiger partial charge on any atom is -0.450 e. The van der Waals surface area contributed by atoms with Gasteiger partial charge in [-0.25, -0.2) is 4.39 Å². The van der Waals surface area contributed by atoms with E-state index in [0.29, 0.717) is 22.7 Å². The summed E-state index contributed by atoms with van der Waals surface area (Å²) in [5.41, 5.74) is -0.783. The predicted molar refractivity (Wildman–Crippen MR) is 143 cm³/mol. The number of amides is 2. The molecule has 39 heavy (non-hydrogen) atoms. The predicted octanol–water partition coefficient (Wildman–Crippen LogP) is 4.80. The molecule has 0 bridgehead atoms. The lowest BCUT2D eigenvalue weighted by molar-refractivity contribution is -0.121. The number of fused-ring (bicyclic) bond motifs is 5. The van der Waals surface area contributed by atoms with E-state index < -0.39 is 28.6 Å². The van der Waals surface area contributed by atoms with Crippen molar-refractivity contribution in [1.29, 1.82) is 0 Å². The summed E-state index contributed by atoms with van der Waals surface area (Å²) in [5.74, 6) is -2.09. The molecule has 7 rings (SSSR count). The van der Waals surface area contributed by atoms with E-state index in [0.717, 1.165) is 17.7 Å².